The highest BCUT2D eigenvalue weighted by atomic mass is 15.2. The normalized spacial score (nSPS) is 16.9. The highest BCUT2D eigenvalue weighted by Gasteiger charge is 2.22. The Labute approximate surface area is 124 Å². The molecular weight excluding hydrogens is 260 g/mol. The number of anilines is 1. The zero-order chi connectivity index (χ0) is 14.8. The second-order valence-electron chi connectivity index (χ2n) is 5.53. The Morgan fingerprint density at radius 1 is 1.24 bits per heavy atom. The molecule has 1 aromatic heterocycles. The van der Waals surface area contributed by atoms with Gasteiger partial charge in [0.2, 0.25) is 0 Å². The molecule has 0 radical (unpaired) electrons. The first-order valence-electron chi connectivity index (χ1n) is 7.29. The fourth-order valence-corrected chi connectivity index (χ4v) is 2.92. The van der Waals surface area contributed by atoms with Gasteiger partial charge in [0.15, 0.2) is 5.82 Å². The van der Waals surface area contributed by atoms with Crippen LogP contribution in [-0.2, 0) is 6.42 Å². The minimum Gasteiger partial charge on any atom is -0.361 e. The lowest BCUT2D eigenvalue weighted by Gasteiger charge is -2.27. The fraction of sp³-hybridized carbons (Fsp3) is 0.353. The van der Waals surface area contributed by atoms with Gasteiger partial charge in [-0.15, -0.1) is 5.10 Å². The van der Waals surface area contributed by atoms with E-state index >= 15 is 0 Å². The number of nitrogens with one attached hydrogen (secondary N) is 1. The zero-order valence-electron chi connectivity index (χ0n) is 12.3. The van der Waals surface area contributed by atoms with E-state index in [1.54, 1.807) is 0 Å². The van der Waals surface area contributed by atoms with Crippen LogP contribution in [0, 0.1) is 25.2 Å². The van der Waals surface area contributed by atoms with Crippen LogP contribution in [0.25, 0.3) is 0 Å². The standard InChI is InChI=1S/C17H18N4/c1-11-12(2)20-21-17(15(11)10-18)19-16-9-5-7-13-6-3-4-8-14(13)16/h3-4,6,8,16H,5,7,9H2,1-2H3,(H,19,21). The molecule has 1 aromatic carbocycles. The number of rotatable bonds is 2. The van der Waals surface area contributed by atoms with Gasteiger partial charge in [-0.25, -0.2) is 0 Å². The third-order valence-corrected chi connectivity index (χ3v) is 4.25. The van der Waals surface area contributed by atoms with Gasteiger partial charge in [0, 0.05) is 0 Å². The minimum atomic E-state index is 0.207. The summed E-state index contributed by atoms with van der Waals surface area (Å²) in [5, 5.41) is 21.2. The molecule has 1 unspecified atom stereocenters. The first-order valence-corrected chi connectivity index (χ1v) is 7.29. The van der Waals surface area contributed by atoms with Crippen LogP contribution in [0.5, 0.6) is 0 Å². The first kappa shape index (κ1) is 13.6. The smallest absolute Gasteiger partial charge is 0.167 e. The molecule has 3 rings (SSSR count). The van der Waals surface area contributed by atoms with E-state index in [2.05, 4.69) is 45.8 Å². The third kappa shape index (κ3) is 2.47. The molecule has 4 heteroatoms. The van der Waals surface area contributed by atoms with E-state index < -0.39 is 0 Å². The molecule has 0 fully saturated rings. The number of hydrogen-bond acceptors (Lipinski definition) is 4. The lowest BCUT2D eigenvalue weighted by atomic mass is 9.87. The molecule has 1 aliphatic rings. The summed E-state index contributed by atoms with van der Waals surface area (Å²) < 4.78 is 0. The highest BCUT2D eigenvalue weighted by Crippen LogP contribution is 2.32. The summed E-state index contributed by atoms with van der Waals surface area (Å²) in [6, 6.07) is 10.9. The third-order valence-electron chi connectivity index (χ3n) is 4.25. The number of benzene rings is 1. The summed E-state index contributed by atoms with van der Waals surface area (Å²) >= 11 is 0. The molecule has 0 saturated heterocycles. The number of nitriles is 1. The fourth-order valence-electron chi connectivity index (χ4n) is 2.92. The quantitative estimate of drug-likeness (QED) is 0.914. The Morgan fingerprint density at radius 2 is 2.05 bits per heavy atom. The van der Waals surface area contributed by atoms with E-state index in [1.165, 1.54) is 11.1 Å². The topological polar surface area (TPSA) is 61.6 Å². The van der Waals surface area contributed by atoms with Crippen molar-refractivity contribution >= 4 is 5.82 Å². The Hall–Kier alpha value is -2.41. The van der Waals surface area contributed by atoms with E-state index in [0.29, 0.717) is 11.4 Å². The van der Waals surface area contributed by atoms with E-state index in [1.807, 2.05) is 13.8 Å². The maximum atomic E-state index is 9.39. The van der Waals surface area contributed by atoms with Crippen LogP contribution in [0.2, 0.25) is 0 Å². The molecule has 1 heterocycles. The van der Waals surface area contributed by atoms with Gasteiger partial charge in [-0.1, -0.05) is 24.3 Å². The molecule has 1 N–H and O–H groups in total. The lowest BCUT2D eigenvalue weighted by Crippen LogP contribution is -2.19. The van der Waals surface area contributed by atoms with Gasteiger partial charge in [-0.3, -0.25) is 0 Å². The average Bonchev–Trinajstić information content (AvgIpc) is 2.52. The first-order chi connectivity index (χ1) is 10.2. The highest BCUT2D eigenvalue weighted by molar-refractivity contribution is 5.57. The number of aromatic nitrogens is 2. The largest absolute Gasteiger partial charge is 0.361 e. The molecule has 0 aliphatic heterocycles. The van der Waals surface area contributed by atoms with E-state index in [0.717, 1.165) is 30.5 Å². The van der Waals surface area contributed by atoms with Gasteiger partial charge in [-0.2, -0.15) is 10.4 Å². The van der Waals surface area contributed by atoms with Gasteiger partial charge in [0.25, 0.3) is 0 Å². The Balaban J connectivity index is 1.96. The van der Waals surface area contributed by atoms with Crippen LogP contribution in [0.4, 0.5) is 5.82 Å². The molecule has 0 saturated carbocycles. The van der Waals surface area contributed by atoms with Crippen LogP contribution >= 0.6 is 0 Å². The Kier molecular flexibility index (Phi) is 3.57. The number of fused-ring (bicyclic) bond motifs is 1. The second kappa shape index (κ2) is 5.53. The van der Waals surface area contributed by atoms with Crippen molar-refractivity contribution in [1.29, 1.82) is 5.26 Å². The van der Waals surface area contributed by atoms with Crippen LogP contribution in [-0.4, -0.2) is 10.2 Å². The summed E-state index contributed by atoms with van der Waals surface area (Å²) in [5.74, 6) is 0.599. The summed E-state index contributed by atoms with van der Waals surface area (Å²) in [4.78, 5) is 0. The van der Waals surface area contributed by atoms with E-state index in [-0.39, 0.29) is 6.04 Å². The molecule has 0 amide bonds. The number of hydrogen-bond donors (Lipinski definition) is 1. The van der Waals surface area contributed by atoms with Crippen molar-refractivity contribution in [3.8, 4) is 6.07 Å². The van der Waals surface area contributed by atoms with Crippen molar-refractivity contribution in [2.75, 3.05) is 5.32 Å². The van der Waals surface area contributed by atoms with Gasteiger partial charge in [-0.05, 0) is 49.8 Å². The van der Waals surface area contributed by atoms with Crippen LogP contribution in [0.15, 0.2) is 24.3 Å². The Morgan fingerprint density at radius 3 is 2.86 bits per heavy atom. The molecule has 1 atom stereocenters. The van der Waals surface area contributed by atoms with E-state index in [9.17, 15) is 5.26 Å². The Bertz CT molecular complexity index is 715. The van der Waals surface area contributed by atoms with Gasteiger partial charge in [0.1, 0.15) is 11.6 Å². The second-order valence-corrected chi connectivity index (χ2v) is 5.53. The monoisotopic (exact) mass is 278 g/mol. The van der Waals surface area contributed by atoms with Crippen molar-refractivity contribution in [3.63, 3.8) is 0 Å². The zero-order valence-corrected chi connectivity index (χ0v) is 12.3. The van der Waals surface area contributed by atoms with Gasteiger partial charge >= 0.3 is 0 Å². The molecule has 106 valence electrons. The van der Waals surface area contributed by atoms with Crippen molar-refractivity contribution in [2.24, 2.45) is 0 Å². The van der Waals surface area contributed by atoms with Crippen LogP contribution < -0.4 is 5.32 Å². The van der Waals surface area contributed by atoms with Crippen molar-refractivity contribution in [2.45, 2.75) is 39.2 Å². The van der Waals surface area contributed by atoms with Crippen molar-refractivity contribution in [1.82, 2.24) is 10.2 Å². The minimum absolute atomic E-state index is 0.207. The summed E-state index contributed by atoms with van der Waals surface area (Å²) in [6.45, 7) is 3.80. The predicted octanol–water partition coefficient (Wildman–Crippen LogP) is 3.45. The lowest BCUT2D eigenvalue weighted by molar-refractivity contribution is 0.597. The molecular formula is C17H18N4. The molecule has 4 nitrogen and oxygen atoms in total. The number of nitrogens with zero attached hydrogens (tertiary/aromatic N) is 3. The maximum Gasteiger partial charge on any atom is 0.167 e. The van der Waals surface area contributed by atoms with Gasteiger partial charge < -0.3 is 5.32 Å². The average molecular weight is 278 g/mol. The number of aryl methyl sites for hydroxylation is 2. The van der Waals surface area contributed by atoms with E-state index in [4.69, 9.17) is 0 Å². The SMILES string of the molecule is Cc1nnc(NC2CCCc3ccccc32)c(C#N)c1C. The van der Waals surface area contributed by atoms with Crippen LogP contribution in [0.3, 0.4) is 0 Å². The maximum absolute atomic E-state index is 9.39. The van der Waals surface area contributed by atoms with Crippen molar-refractivity contribution < 1.29 is 0 Å². The predicted molar refractivity (Wildman–Crippen MR) is 82.0 cm³/mol. The van der Waals surface area contributed by atoms with Crippen molar-refractivity contribution in [3.05, 3.63) is 52.2 Å². The van der Waals surface area contributed by atoms with Crippen LogP contribution in [0.1, 0.15) is 46.8 Å². The summed E-state index contributed by atoms with van der Waals surface area (Å²) in [7, 11) is 0. The molecule has 21 heavy (non-hydrogen) atoms. The summed E-state index contributed by atoms with van der Waals surface area (Å²) in [5.41, 5.74) is 5.01. The summed E-state index contributed by atoms with van der Waals surface area (Å²) in [6.07, 6.45) is 3.32. The molecule has 0 spiro atoms. The molecule has 0 bridgehead atoms. The molecule has 1 aliphatic carbocycles. The van der Waals surface area contributed by atoms with Gasteiger partial charge in [0.05, 0.1) is 11.7 Å². The molecule has 2 aromatic rings.